The molecule has 1 amide bonds. The predicted octanol–water partition coefficient (Wildman–Crippen LogP) is 5.86. The van der Waals surface area contributed by atoms with Gasteiger partial charge in [0.1, 0.15) is 0 Å². The molecular formula is C36H35Cl2N9O2. The van der Waals surface area contributed by atoms with Gasteiger partial charge in [-0.25, -0.2) is 14.6 Å². The quantitative estimate of drug-likeness (QED) is 0.146. The number of rotatable bonds is 12. The Kier molecular flexibility index (Phi) is 9.58. The van der Waals surface area contributed by atoms with Crippen LogP contribution < -0.4 is 20.7 Å². The van der Waals surface area contributed by atoms with Crippen molar-refractivity contribution < 1.29 is 9.53 Å². The van der Waals surface area contributed by atoms with Crippen LogP contribution in [0.3, 0.4) is 0 Å². The summed E-state index contributed by atoms with van der Waals surface area (Å²) in [7, 11) is 3.51. The largest absolute Gasteiger partial charge is 0.481 e. The van der Waals surface area contributed by atoms with Crippen LogP contribution in [0.4, 0.5) is 0 Å². The van der Waals surface area contributed by atoms with Crippen molar-refractivity contribution in [2.45, 2.75) is 38.5 Å². The molecule has 4 aromatic heterocycles. The second-order valence-electron chi connectivity index (χ2n) is 12.0. The van der Waals surface area contributed by atoms with Crippen molar-refractivity contribution in [3.63, 3.8) is 0 Å². The number of pyridine rings is 2. The molecule has 0 saturated carbocycles. The third kappa shape index (κ3) is 7.16. The summed E-state index contributed by atoms with van der Waals surface area (Å²) >= 11 is 14.2. The van der Waals surface area contributed by atoms with E-state index in [1.54, 1.807) is 16.5 Å². The van der Waals surface area contributed by atoms with Gasteiger partial charge in [-0.1, -0.05) is 59.6 Å². The lowest BCUT2D eigenvalue weighted by atomic mass is 10.00. The van der Waals surface area contributed by atoms with E-state index in [1.165, 1.54) is 0 Å². The van der Waals surface area contributed by atoms with Crippen LogP contribution in [0.15, 0.2) is 79.3 Å². The summed E-state index contributed by atoms with van der Waals surface area (Å²) in [5.41, 5.74) is 7.24. The molecule has 7 rings (SSSR count). The first kappa shape index (κ1) is 32.7. The third-order valence-electron chi connectivity index (χ3n) is 8.53. The molecule has 11 nitrogen and oxygen atoms in total. The molecule has 0 bridgehead atoms. The van der Waals surface area contributed by atoms with Gasteiger partial charge in [0.25, 0.3) is 0 Å². The second kappa shape index (κ2) is 14.4. The number of nitrogens with zero attached hydrogens (tertiary/aromatic N) is 6. The number of amides is 1. The Morgan fingerprint density at radius 1 is 0.959 bits per heavy atom. The molecule has 2 aromatic carbocycles. The first-order valence-electron chi connectivity index (χ1n) is 16.0. The number of aromatic nitrogens is 6. The molecule has 1 fully saturated rings. The highest BCUT2D eigenvalue weighted by atomic mass is 35.5. The molecular weight excluding hydrogens is 661 g/mol. The van der Waals surface area contributed by atoms with Gasteiger partial charge in [-0.2, -0.15) is 5.10 Å². The number of hydrogen-bond acceptors (Lipinski definition) is 8. The van der Waals surface area contributed by atoms with E-state index in [0.29, 0.717) is 65.6 Å². The van der Waals surface area contributed by atoms with E-state index >= 15 is 0 Å². The van der Waals surface area contributed by atoms with Crippen molar-refractivity contribution in [3.8, 4) is 34.0 Å². The van der Waals surface area contributed by atoms with Crippen LogP contribution in [-0.4, -0.2) is 55.1 Å². The highest BCUT2D eigenvalue weighted by Gasteiger charge is 2.21. The number of benzene rings is 2. The number of halogens is 2. The molecule has 3 N–H and O–H groups in total. The van der Waals surface area contributed by atoms with Gasteiger partial charge >= 0.3 is 0 Å². The second-order valence-corrected chi connectivity index (χ2v) is 12.8. The number of fused-ring (bicyclic) bond motifs is 1. The highest BCUT2D eigenvalue weighted by molar-refractivity contribution is 6.39. The highest BCUT2D eigenvalue weighted by Crippen LogP contribution is 2.41. The molecule has 250 valence electrons. The summed E-state index contributed by atoms with van der Waals surface area (Å²) in [4.78, 5) is 20.9. The maximum Gasteiger partial charge on any atom is 0.220 e. The van der Waals surface area contributed by atoms with E-state index in [4.69, 9.17) is 38.0 Å². The first-order chi connectivity index (χ1) is 23.9. The fourth-order valence-corrected chi connectivity index (χ4v) is 6.70. The Bertz CT molecular complexity index is 2140. The zero-order chi connectivity index (χ0) is 33.9. The fourth-order valence-electron chi connectivity index (χ4n) is 6.06. The van der Waals surface area contributed by atoms with Crippen molar-refractivity contribution in [1.29, 1.82) is 0 Å². The molecule has 5 heterocycles. The van der Waals surface area contributed by atoms with Gasteiger partial charge in [0.15, 0.2) is 5.65 Å². The predicted molar refractivity (Wildman–Crippen MR) is 191 cm³/mol. The van der Waals surface area contributed by atoms with Gasteiger partial charge in [-0.05, 0) is 36.2 Å². The number of nitrogens with one attached hydrogen (secondary N) is 3. The molecule has 13 heteroatoms. The standard InChI is InChI=1S/C36H35Cl2N9O2/c1-46-14-13-26(44-46)20-39-16-22-15-24-21-47(45-35(24)41-17-22)31-8-4-6-28(34(31)38)27-5-3-7-29(33(27)37)30-11-9-23(36(43-30)49-2)18-40-19-25-10-12-32(48)42-25/h3-9,11,13-15,17,21,25,39-40H,10,12,16,18-20H2,1-2H3,(H,42,48)/t25-/m0/s1. The van der Waals surface area contributed by atoms with Crippen LogP contribution in [0.1, 0.15) is 29.7 Å². The Morgan fingerprint density at radius 3 is 2.55 bits per heavy atom. The average molecular weight is 697 g/mol. The lowest BCUT2D eigenvalue weighted by Gasteiger charge is -2.15. The minimum Gasteiger partial charge on any atom is -0.481 e. The molecule has 0 aliphatic carbocycles. The number of hydrogen-bond donors (Lipinski definition) is 3. The smallest absolute Gasteiger partial charge is 0.220 e. The zero-order valence-corrected chi connectivity index (χ0v) is 28.6. The minimum absolute atomic E-state index is 0.102. The summed E-state index contributed by atoms with van der Waals surface area (Å²) in [5, 5.41) is 20.9. The lowest BCUT2D eigenvalue weighted by molar-refractivity contribution is -0.119. The van der Waals surface area contributed by atoms with E-state index in [1.807, 2.05) is 80.2 Å². The van der Waals surface area contributed by atoms with Crippen molar-refractivity contribution in [2.24, 2.45) is 7.05 Å². The lowest BCUT2D eigenvalue weighted by Crippen LogP contribution is -2.35. The van der Waals surface area contributed by atoms with E-state index < -0.39 is 0 Å². The van der Waals surface area contributed by atoms with Crippen LogP contribution in [0, 0.1) is 0 Å². The van der Waals surface area contributed by atoms with E-state index in [-0.39, 0.29) is 11.9 Å². The zero-order valence-electron chi connectivity index (χ0n) is 27.1. The minimum atomic E-state index is 0.102. The van der Waals surface area contributed by atoms with Crippen LogP contribution in [0.5, 0.6) is 5.88 Å². The molecule has 0 unspecified atom stereocenters. The number of carbonyl (C=O) groups excluding carboxylic acids is 1. The van der Waals surface area contributed by atoms with Gasteiger partial charge in [0.05, 0.1) is 34.2 Å². The van der Waals surface area contributed by atoms with Crippen LogP contribution in [0.25, 0.3) is 39.1 Å². The molecule has 1 aliphatic rings. The summed E-state index contributed by atoms with van der Waals surface area (Å²) in [6, 6.07) is 19.7. The number of ether oxygens (including phenoxy) is 1. The Labute approximate surface area is 293 Å². The van der Waals surface area contributed by atoms with E-state index in [9.17, 15) is 4.79 Å². The molecule has 0 radical (unpaired) electrons. The Morgan fingerprint density at radius 2 is 1.78 bits per heavy atom. The van der Waals surface area contributed by atoms with Crippen molar-refractivity contribution >= 4 is 40.1 Å². The van der Waals surface area contributed by atoms with Crippen LogP contribution in [-0.2, 0) is 31.5 Å². The molecule has 6 aromatic rings. The summed E-state index contributed by atoms with van der Waals surface area (Å²) in [6.45, 7) is 2.56. The molecule has 1 aliphatic heterocycles. The van der Waals surface area contributed by atoms with Gasteiger partial charge in [0, 0.05) is 91.9 Å². The fraction of sp³-hybridized carbons (Fsp3) is 0.250. The Balaban J connectivity index is 1.10. The maximum absolute atomic E-state index is 11.5. The third-order valence-corrected chi connectivity index (χ3v) is 9.34. The SMILES string of the molecule is COc1nc(-c2cccc(-c3cccc(-n4cc5cc(CNCc6ccn(C)n6)cnc5n4)c3Cl)c2Cl)ccc1CNC[C@@H]1CCC(=O)N1. The van der Waals surface area contributed by atoms with Crippen LogP contribution >= 0.6 is 23.2 Å². The first-order valence-corrected chi connectivity index (χ1v) is 16.8. The maximum atomic E-state index is 11.5. The van der Waals surface area contributed by atoms with Gasteiger partial charge in [-0.3, -0.25) is 9.48 Å². The molecule has 0 spiro atoms. The average Bonchev–Trinajstić information content (AvgIpc) is 3.84. The van der Waals surface area contributed by atoms with Gasteiger partial charge < -0.3 is 20.7 Å². The summed E-state index contributed by atoms with van der Waals surface area (Å²) in [5.74, 6) is 0.610. The monoisotopic (exact) mass is 695 g/mol. The molecule has 1 saturated heterocycles. The summed E-state index contributed by atoms with van der Waals surface area (Å²) < 4.78 is 9.20. The van der Waals surface area contributed by atoms with Gasteiger partial charge in [-0.15, -0.1) is 5.10 Å². The van der Waals surface area contributed by atoms with E-state index in [2.05, 4.69) is 32.1 Å². The van der Waals surface area contributed by atoms with Gasteiger partial charge in [0.2, 0.25) is 11.8 Å². The van der Waals surface area contributed by atoms with Crippen LogP contribution in [0.2, 0.25) is 10.0 Å². The topological polar surface area (TPSA) is 124 Å². The summed E-state index contributed by atoms with van der Waals surface area (Å²) in [6.07, 6.45) is 7.11. The Hall–Kier alpha value is -4.81. The van der Waals surface area contributed by atoms with Crippen molar-refractivity contribution in [2.75, 3.05) is 13.7 Å². The van der Waals surface area contributed by atoms with Crippen molar-refractivity contribution in [3.05, 3.63) is 106 Å². The number of carbonyl (C=O) groups is 1. The molecule has 1 atom stereocenters. The molecule has 49 heavy (non-hydrogen) atoms. The number of aryl methyl sites for hydroxylation is 1. The van der Waals surface area contributed by atoms with E-state index in [0.717, 1.165) is 45.3 Å². The normalized spacial score (nSPS) is 14.4. The van der Waals surface area contributed by atoms with Crippen molar-refractivity contribution in [1.82, 2.24) is 45.5 Å². The number of methoxy groups -OCH3 is 1.